The molecule has 1 aliphatic carbocycles. The van der Waals surface area contributed by atoms with Crippen molar-refractivity contribution >= 4 is 27.5 Å². The van der Waals surface area contributed by atoms with Crippen molar-refractivity contribution in [2.24, 2.45) is 5.92 Å². The summed E-state index contributed by atoms with van der Waals surface area (Å²) in [5, 5.41) is 3.42. The molecule has 1 aliphatic rings. The maximum Gasteiger partial charge on any atom is 0.147 e. The maximum atomic E-state index is 14.5. The Morgan fingerprint density at radius 1 is 1.19 bits per heavy atom. The van der Waals surface area contributed by atoms with Crippen molar-refractivity contribution in [3.8, 4) is 0 Å². The summed E-state index contributed by atoms with van der Waals surface area (Å²) in [6.45, 7) is 0. The molecule has 1 nitrogen and oxygen atoms in total. The van der Waals surface area contributed by atoms with E-state index in [1.165, 1.54) is 11.1 Å². The second-order valence-corrected chi connectivity index (χ2v) is 6.70. The Morgan fingerprint density at radius 2 is 1.81 bits per heavy atom. The van der Waals surface area contributed by atoms with Crippen LogP contribution < -0.4 is 5.32 Å². The Balaban J connectivity index is 1.93. The molecule has 0 spiro atoms. The molecule has 4 heteroatoms. The molecule has 0 heterocycles. The third kappa shape index (κ3) is 2.75. The molecule has 1 N–H and O–H groups in total. The fourth-order valence-electron chi connectivity index (χ4n) is 3.25. The minimum absolute atomic E-state index is 0.0389. The average molecular weight is 369 g/mol. The van der Waals surface area contributed by atoms with Gasteiger partial charge in [0.05, 0.1) is 5.02 Å². The van der Waals surface area contributed by atoms with Crippen LogP contribution >= 0.6 is 27.5 Å². The van der Waals surface area contributed by atoms with Crippen LogP contribution in [0.3, 0.4) is 0 Å². The third-order valence-corrected chi connectivity index (χ3v) is 5.52. The largest absolute Gasteiger partial charge is 0.313 e. The van der Waals surface area contributed by atoms with E-state index in [1.54, 1.807) is 0 Å². The van der Waals surface area contributed by atoms with Gasteiger partial charge in [-0.25, -0.2) is 4.39 Å². The van der Waals surface area contributed by atoms with Gasteiger partial charge in [0.25, 0.3) is 0 Å². The van der Waals surface area contributed by atoms with Crippen LogP contribution in [0.25, 0.3) is 0 Å². The van der Waals surface area contributed by atoms with Crippen molar-refractivity contribution in [1.29, 1.82) is 0 Å². The highest BCUT2D eigenvalue weighted by molar-refractivity contribution is 9.10. The predicted octanol–water partition coefficient (Wildman–Crippen LogP) is 4.92. The lowest BCUT2D eigenvalue weighted by atomic mass is 9.90. The predicted molar refractivity (Wildman–Crippen MR) is 88.3 cm³/mol. The first-order valence-electron chi connectivity index (χ1n) is 6.99. The van der Waals surface area contributed by atoms with Crippen LogP contribution in [0.4, 0.5) is 4.39 Å². The molecule has 0 fully saturated rings. The van der Waals surface area contributed by atoms with Crippen LogP contribution in [0.15, 0.2) is 40.9 Å². The summed E-state index contributed by atoms with van der Waals surface area (Å²) in [5.41, 5.74) is 3.38. The van der Waals surface area contributed by atoms with Crippen LogP contribution in [0.1, 0.15) is 22.7 Å². The highest BCUT2D eigenvalue weighted by Gasteiger charge is 2.30. The summed E-state index contributed by atoms with van der Waals surface area (Å²) < 4.78 is 15.1. The van der Waals surface area contributed by atoms with E-state index in [4.69, 9.17) is 11.6 Å². The van der Waals surface area contributed by atoms with E-state index in [2.05, 4.69) is 45.5 Å². The number of nitrogens with one attached hydrogen (secondary N) is 1. The Bertz CT molecular complexity index is 649. The monoisotopic (exact) mass is 367 g/mol. The molecular weight excluding hydrogens is 353 g/mol. The summed E-state index contributed by atoms with van der Waals surface area (Å²) in [4.78, 5) is 0. The molecule has 2 aromatic rings. The van der Waals surface area contributed by atoms with E-state index >= 15 is 0 Å². The molecule has 0 bridgehead atoms. The van der Waals surface area contributed by atoms with E-state index in [1.807, 2.05) is 19.2 Å². The Morgan fingerprint density at radius 3 is 2.38 bits per heavy atom. The average Bonchev–Trinajstić information content (AvgIpc) is 2.91. The number of halogens is 3. The smallest absolute Gasteiger partial charge is 0.147 e. The van der Waals surface area contributed by atoms with Gasteiger partial charge in [0.2, 0.25) is 0 Å². The van der Waals surface area contributed by atoms with E-state index in [9.17, 15) is 4.39 Å². The van der Waals surface area contributed by atoms with Gasteiger partial charge in [-0.05, 0) is 58.9 Å². The van der Waals surface area contributed by atoms with E-state index in [0.29, 0.717) is 16.0 Å². The standard InChI is InChI=1S/C17H16BrClFN/c1-21-17(13-6-7-14(18)15(19)16(13)20)12-8-10-4-2-3-5-11(10)9-12/h2-7,12,17,21H,8-9H2,1H3. The molecular formula is C17H16BrClFN. The molecule has 1 unspecified atom stereocenters. The SMILES string of the molecule is CNC(c1ccc(Br)c(Cl)c1F)C1Cc2ccccc2C1. The van der Waals surface area contributed by atoms with Gasteiger partial charge in [-0.3, -0.25) is 0 Å². The Labute approximate surface area is 137 Å². The van der Waals surface area contributed by atoms with Crippen molar-refractivity contribution in [2.45, 2.75) is 18.9 Å². The summed E-state index contributed by atoms with van der Waals surface area (Å²) >= 11 is 9.30. The summed E-state index contributed by atoms with van der Waals surface area (Å²) in [6, 6.07) is 12.0. The van der Waals surface area contributed by atoms with Gasteiger partial charge in [0, 0.05) is 16.1 Å². The van der Waals surface area contributed by atoms with Crippen molar-refractivity contribution in [2.75, 3.05) is 7.05 Å². The lowest BCUT2D eigenvalue weighted by molar-refractivity contribution is 0.384. The second-order valence-electron chi connectivity index (χ2n) is 5.47. The van der Waals surface area contributed by atoms with Gasteiger partial charge in [-0.15, -0.1) is 0 Å². The summed E-state index contributed by atoms with van der Waals surface area (Å²) in [7, 11) is 1.88. The first-order chi connectivity index (χ1) is 10.1. The lowest BCUT2D eigenvalue weighted by Gasteiger charge is -2.24. The molecule has 0 amide bonds. The van der Waals surface area contributed by atoms with Crippen molar-refractivity contribution in [3.05, 3.63) is 68.4 Å². The molecule has 0 aromatic heterocycles. The quantitative estimate of drug-likeness (QED) is 0.759. The number of hydrogen-bond donors (Lipinski definition) is 1. The molecule has 3 rings (SSSR count). The molecule has 1 atom stereocenters. The zero-order chi connectivity index (χ0) is 15.0. The van der Waals surface area contributed by atoms with Crippen LogP contribution in [0, 0.1) is 11.7 Å². The number of rotatable bonds is 3. The fraction of sp³-hybridized carbons (Fsp3) is 0.294. The van der Waals surface area contributed by atoms with Gasteiger partial charge >= 0.3 is 0 Å². The highest BCUT2D eigenvalue weighted by Crippen LogP contribution is 2.38. The van der Waals surface area contributed by atoms with Crippen LogP contribution in [-0.4, -0.2) is 7.05 Å². The van der Waals surface area contributed by atoms with Crippen LogP contribution in [0.5, 0.6) is 0 Å². The Kier molecular flexibility index (Phi) is 4.34. The van der Waals surface area contributed by atoms with Crippen molar-refractivity contribution in [1.82, 2.24) is 5.32 Å². The first-order valence-corrected chi connectivity index (χ1v) is 8.16. The molecule has 0 radical (unpaired) electrons. The van der Waals surface area contributed by atoms with Crippen molar-refractivity contribution in [3.63, 3.8) is 0 Å². The maximum absolute atomic E-state index is 14.5. The number of hydrogen-bond acceptors (Lipinski definition) is 1. The highest BCUT2D eigenvalue weighted by atomic mass is 79.9. The van der Waals surface area contributed by atoms with E-state index in [0.717, 1.165) is 12.8 Å². The van der Waals surface area contributed by atoms with Gasteiger partial charge in [-0.2, -0.15) is 0 Å². The van der Waals surface area contributed by atoms with Crippen molar-refractivity contribution < 1.29 is 4.39 Å². The lowest BCUT2D eigenvalue weighted by Crippen LogP contribution is -2.26. The van der Waals surface area contributed by atoms with Crippen LogP contribution in [-0.2, 0) is 12.8 Å². The van der Waals surface area contributed by atoms with E-state index in [-0.39, 0.29) is 16.9 Å². The van der Waals surface area contributed by atoms with Gasteiger partial charge in [-0.1, -0.05) is 41.9 Å². The number of fused-ring (bicyclic) bond motifs is 1. The van der Waals surface area contributed by atoms with E-state index < -0.39 is 0 Å². The van der Waals surface area contributed by atoms with Crippen LogP contribution in [0.2, 0.25) is 5.02 Å². The Hall–Kier alpha value is -0.900. The normalized spacial score (nSPS) is 16.0. The topological polar surface area (TPSA) is 12.0 Å². The molecule has 0 aliphatic heterocycles. The zero-order valence-corrected chi connectivity index (χ0v) is 14.0. The first kappa shape index (κ1) is 15.0. The molecule has 0 saturated heterocycles. The number of benzene rings is 2. The molecule has 21 heavy (non-hydrogen) atoms. The van der Waals surface area contributed by atoms with Gasteiger partial charge in [0.1, 0.15) is 5.82 Å². The molecule has 0 saturated carbocycles. The van der Waals surface area contributed by atoms with Gasteiger partial charge < -0.3 is 5.32 Å². The summed E-state index contributed by atoms with van der Waals surface area (Å²) in [6.07, 6.45) is 1.93. The third-order valence-electron chi connectivity index (χ3n) is 4.27. The van der Waals surface area contributed by atoms with Gasteiger partial charge in [0.15, 0.2) is 0 Å². The summed E-state index contributed by atoms with van der Waals surface area (Å²) in [5.74, 6) is 0.0143. The fourth-order valence-corrected chi connectivity index (χ4v) is 3.73. The minimum atomic E-state index is -0.332. The minimum Gasteiger partial charge on any atom is -0.313 e. The zero-order valence-electron chi connectivity index (χ0n) is 11.7. The molecule has 110 valence electrons. The second kappa shape index (κ2) is 6.07. The molecule has 2 aromatic carbocycles.